The highest BCUT2D eigenvalue weighted by Crippen LogP contribution is 2.37. The molecule has 2 N–H and O–H groups in total. The van der Waals surface area contributed by atoms with E-state index in [2.05, 4.69) is 62.2 Å². The average Bonchev–Trinajstić information content (AvgIpc) is 3.32. The van der Waals surface area contributed by atoms with E-state index in [9.17, 15) is 0 Å². The van der Waals surface area contributed by atoms with Gasteiger partial charge in [-0.2, -0.15) is 0 Å². The molecule has 4 heterocycles. The fraction of sp³-hybridized carbons (Fsp3) is 0.370. The van der Waals surface area contributed by atoms with Gasteiger partial charge in [0.25, 0.3) is 0 Å². The molecule has 5 rings (SSSR count). The fourth-order valence-electron chi connectivity index (χ4n) is 4.24. The molecule has 0 fully saturated rings. The van der Waals surface area contributed by atoms with E-state index < -0.39 is 0 Å². The van der Waals surface area contributed by atoms with Crippen molar-refractivity contribution in [2.45, 2.75) is 19.9 Å². The number of ether oxygens (including phenoxy) is 3. The number of rotatable bonds is 9. The van der Waals surface area contributed by atoms with Crippen LogP contribution in [0.3, 0.4) is 0 Å². The summed E-state index contributed by atoms with van der Waals surface area (Å²) in [6, 6.07) is 10.2. The number of anilines is 1. The smallest absolute Gasteiger partial charge is 0.161 e. The van der Waals surface area contributed by atoms with Gasteiger partial charge in [-0.1, -0.05) is 19.9 Å². The lowest BCUT2D eigenvalue weighted by Gasteiger charge is -2.26. The fourth-order valence-corrected chi connectivity index (χ4v) is 4.24. The number of hydrogen-bond donors (Lipinski definition) is 2. The van der Waals surface area contributed by atoms with Crippen molar-refractivity contribution in [2.75, 3.05) is 45.8 Å². The van der Waals surface area contributed by atoms with Gasteiger partial charge in [-0.25, -0.2) is 9.97 Å². The Morgan fingerprint density at radius 3 is 2.69 bits per heavy atom. The van der Waals surface area contributed by atoms with E-state index in [-0.39, 0.29) is 6.04 Å². The number of pyridine rings is 1. The van der Waals surface area contributed by atoms with Gasteiger partial charge in [0.15, 0.2) is 11.5 Å². The zero-order valence-electron chi connectivity index (χ0n) is 21.1. The molecule has 0 unspecified atom stereocenters. The van der Waals surface area contributed by atoms with Crippen LogP contribution >= 0.6 is 0 Å². The van der Waals surface area contributed by atoms with E-state index >= 15 is 0 Å². The number of likely N-dealkylation sites (N-methyl/N-ethyl adjacent to an activating group) is 1. The molecular formula is C27H32N6O3. The Morgan fingerprint density at radius 2 is 1.89 bits per heavy atom. The van der Waals surface area contributed by atoms with Crippen molar-refractivity contribution < 1.29 is 14.2 Å². The first kappa shape index (κ1) is 23.9. The molecule has 0 amide bonds. The van der Waals surface area contributed by atoms with Crippen LogP contribution in [0, 0.1) is 5.92 Å². The first-order chi connectivity index (χ1) is 17.5. The number of benzene rings is 1. The van der Waals surface area contributed by atoms with E-state index in [0.717, 1.165) is 57.5 Å². The number of aromatic nitrogens is 4. The molecule has 0 bridgehead atoms. The van der Waals surface area contributed by atoms with Crippen LogP contribution in [0.1, 0.15) is 25.5 Å². The summed E-state index contributed by atoms with van der Waals surface area (Å²) in [5.41, 5.74) is 3.70. The third kappa shape index (κ3) is 5.21. The summed E-state index contributed by atoms with van der Waals surface area (Å²) in [7, 11) is 4.04. The summed E-state index contributed by atoms with van der Waals surface area (Å²) in [4.78, 5) is 18.9. The van der Waals surface area contributed by atoms with Crippen LogP contribution in [-0.4, -0.2) is 65.3 Å². The lowest BCUT2D eigenvalue weighted by Crippen LogP contribution is -2.19. The monoisotopic (exact) mass is 488 g/mol. The largest absolute Gasteiger partial charge is 0.491 e. The lowest BCUT2D eigenvalue weighted by molar-refractivity contribution is 0.171. The van der Waals surface area contributed by atoms with Crippen molar-refractivity contribution in [1.82, 2.24) is 24.8 Å². The van der Waals surface area contributed by atoms with E-state index in [4.69, 9.17) is 14.2 Å². The summed E-state index contributed by atoms with van der Waals surface area (Å²) in [5, 5.41) is 4.56. The molecule has 0 saturated heterocycles. The molecule has 3 aromatic heterocycles. The molecular weight excluding hydrogens is 456 g/mol. The van der Waals surface area contributed by atoms with E-state index in [1.165, 1.54) is 0 Å². The Labute approximate surface area is 210 Å². The maximum Gasteiger partial charge on any atom is 0.161 e. The number of nitrogens with one attached hydrogen (secondary N) is 2. The van der Waals surface area contributed by atoms with Crippen molar-refractivity contribution in [1.29, 1.82) is 0 Å². The second-order valence-electron chi connectivity index (χ2n) is 9.50. The Bertz CT molecular complexity index is 1340. The maximum atomic E-state index is 5.87. The third-order valence-corrected chi connectivity index (χ3v) is 6.14. The molecule has 188 valence electrons. The van der Waals surface area contributed by atoms with Crippen LogP contribution in [-0.2, 0) is 0 Å². The van der Waals surface area contributed by atoms with Crippen molar-refractivity contribution >= 4 is 16.9 Å². The summed E-state index contributed by atoms with van der Waals surface area (Å²) in [6.07, 6.45) is 5.12. The minimum atomic E-state index is 0.0207. The van der Waals surface area contributed by atoms with Crippen molar-refractivity contribution in [3.8, 4) is 28.5 Å². The number of aromatic amines is 1. The summed E-state index contributed by atoms with van der Waals surface area (Å²) in [5.74, 6) is 3.37. The molecule has 0 aliphatic carbocycles. The van der Waals surface area contributed by atoms with Crippen LogP contribution in [0.2, 0.25) is 0 Å². The zero-order valence-corrected chi connectivity index (χ0v) is 21.1. The first-order valence-electron chi connectivity index (χ1n) is 12.2. The number of nitrogens with zero attached hydrogens (tertiary/aromatic N) is 4. The predicted molar refractivity (Wildman–Crippen MR) is 140 cm³/mol. The predicted octanol–water partition coefficient (Wildman–Crippen LogP) is 4.54. The van der Waals surface area contributed by atoms with Crippen LogP contribution in [0.25, 0.3) is 22.3 Å². The van der Waals surface area contributed by atoms with Crippen molar-refractivity contribution in [3.63, 3.8) is 0 Å². The quantitative estimate of drug-likeness (QED) is 0.354. The zero-order chi connectivity index (χ0) is 25.1. The molecule has 9 nitrogen and oxygen atoms in total. The Morgan fingerprint density at radius 1 is 1.06 bits per heavy atom. The van der Waals surface area contributed by atoms with Gasteiger partial charge in [-0.05, 0) is 49.8 Å². The average molecular weight is 489 g/mol. The molecule has 9 heteroatoms. The maximum absolute atomic E-state index is 5.87. The van der Waals surface area contributed by atoms with Crippen LogP contribution in [0.5, 0.6) is 17.2 Å². The number of H-pyrrole nitrogens is 1. The SMILES string of the molecule is CC(C)[C@@H](Nc1ncnc2[nH]c(-c3cncc(OCCN(C)C)c3)cc12)c1ccc2c(c1)OCCO2. The summed E-state index contributed by atoms with van der Waals surface area (Å²) in [6.45, 7) is 6.94. The van der Waals surface area contributed by atoms with Gasteiger partial charge in [0.1, 0.15) is 43.4 Å². The molecule has 1 aliphatic rings. The van der Waals surface area contributed by atoms with Gasteiger partial charge in [0.05, 0.1) is 17.6 Å². The van der Waals surface area contributed by atoms with Crippen LogP contribution < -0.4 is 19.5 Å². The third-order valence-electron chi connectivity index (χ3n) is 6.14. The highest BCUT2D eigenvalue weighted by Gasteiger charge is 2.21. The lowest BCUT2D eigenvalue weighted by atomic mass is 9.95. The molecule has 0 saturated carbocycles. The minimum absolute atomic E-state index is 0.0207. The molecule has 1 aliphatic heterocycles. The van der Waals surface area contributed by atoms with E-state index in [1.54, 1.807) is 12.5 Å². The van der Waals surface area contributed by atoms with E-state index in [1.807, 2.05) is 32.4 Å². The van der Waals surface area contributed by atoms with E-state index in [0.29, 0.717) is 25.7 Å². The second-order valence-corrected chi connectivity index (χ2v) is 9.50. The van der Waals surface area contributed by atoms with Gasteiger partial charge >= 0.3 is 0 Å². The first-order valence-corrected chi connectivity index (χ1v) is 12.2. The molecule has 4 aromatic rings. The van der Waals surface area contributed by atoms with Crippen molar-refractivity contribution in [2.24, 2.45) is 5.92 Å². The Balaban J connectivity index is 1.41. The highest BCUT2D eigenvalue weighted by molar-refractivity contribution is 5.91. The normalized spacial score (nSPS) is 13.8. The number of hydrogen-bond acceptors (Lipinski definition) is 8. The number of fused-ring (bicyclic) bond motifs is 2. The highest BCUT2D eigenvalue weighted by atomic mass is 16.6. The molecule has 36 heavy (non-hydrogen) atoms. The van der Waals surface area contributed by atoms with Gasteiger partial charge in [0, 0.05) is 24.0 Å². The van der Waals surface area contributed by atoms with Gasteiger partial charge in [-0.15, -0.1) is 0 Å². The van der Waals surface area contributed by atoms with Crippen LogP contribution in [0.15, 0.2) is 49.1 Å². The van der Waals surface area contributed by atoms with Gasteiger partial charge in [0.2, 0.25) is 0 Å². The molecule has 1 aromatic carbocycles. The summed E-state index contributed by atoms with van der Waals surface area (Å²) >= 11 is 0. The Hall–Kier alpha value is -3.85. The summed E-state index contributed by atoms with van der Waals surface area (Å²) < 4.78 is 17.4. The molecule has 1 atom stereocenters. The van der Waals surface area contributed by atoms with Crippen molar-refractivity contribution in [3.05, 3.63) is 54.6 Å². The van der Waals surface area contributed by atoms with Gasteiger partial charge < -0.3 is 29.4 Å². The Kier molecular flexibility index (Phi) is 6.90. The molecule has 0 radical (unpaired) electrons. The molecule has 0 spiro atoms. The van der Waals surface area contributed by atoms with Crippen LogP contribution in [0.4, 0.5) is 5.82 Å². The standard InChI is InChI=1S/C27H32N6O3/c1-17(2)25(18-5-6-23-24(12-18)36-10-9-35-23)32-27-21-13-22(31-26(21)29-16-30-27)19-11-20(15-28-14-19)34-8-7-33(3)4/h5-6,11-17,25H,7-10H2,1-4H3,(H2,29,30,31,32)/t25-/m1/s1. The minimum Gasteiger partial charge on any atom is -0.491 e. The van der Waals surface area contributed by atoms with Gasteiger partial charge in [-0.3, -0.25) is 4.98 Å². The topological polar surface area (TPSA) is 97.4 Å². The second kappa shape index (κ2) is 10.4.